The molecule has 3 rings (SSSR count). The first-order valence-electron chi connectivity index (χ1n) is 8.46. The van der Waals surface area contributed by atoms with Gasteiger partial charge in [-0.25, -0.2) is 8.42 Å². The minimum absolute atomic E-state index is 0.0962. The second kappa shape index (κ2) is 7.20. The summed E-state index contributed by atoms with van der Waals surface area (Å²) in [6.07, 6.45) is 1.26. The number of Topliss-reactive ketones (excluding diaryl/α,β-unsaturated/α-hetero) is 1. The predicted octanol–water partition coefficient (Wildman–Crippen LogP) is 2.58. The van der Waals surface area contributed by atoms with E-state index in [1.54, 1.807) is 38.1 Å². The number of carbonyl (C=O) groups is 1. The Bertz CT molecular complexity index is 900. The van der Waals surface area contributed by atoms with Gasteiger partial charge in [0, 0.05) is 19.0 Å². The minimum atomic E-state index is -3.75. The van der Waals surface area contributed by atoms with E-state index in [0.29, 0.717) is 36.4 Å². The predicted molar refractivity (Wildman–Crippen MR) is 94.8 cm³/mol. The Morgan fingerprint density at radius 2 is 2.04 bits per heavy atom. The van der Waals surface area contributed by atoms with Gasteiger partial charge in [-0.1, -0.05) is 17.3 Å². The first-order valence-corrected chi connectivity index (χ1v) is 9.90. The fraction of sp³-hybridized carbons (Fsp3) is 0.444. The van der Waals surface area contributed by atoms with Gasteiger partial charge in [0.15, 0.2) is 11.5 Å². The van der Waals surface area contributed by atoms with Gasteiger partial charge in [0.2, 0.25) is 10.0 Å². The largest absolute Gasteiger partial charge is 0.496 e. The van der Waals surface area contributed by atoms with Gasteiger partial charge in [-0.2, -0.15) is 4.31 Å². The van der Waals surface area contributed by atoms with Gasteiger partial charge < -0.3 is 9.26 Å². The fourth-order valence-corrected chi connectivity index (χ4v) is 5.23. The van der Waals surface area contributed by atoms with Gasteiger partial charge in [-0.05, 0) is 38.8 Å². The molecule has 0 aliphatic carbocycles. The van der Waals surface area contributed by atoms with Gasteiger partial charge in [0.1, 0.15) is 16.3 Å². The second-order valence-corrected chi connectivity index (χ2v) is 8.29. The molecule has 7 nitrogen and oxygen atoms in total. The van der Waals surface area contributed by atoms with Crippen LogP contribution in [0, 0.1) is 19.8 Å². The van der Waals surface area contributed by atoms with E-state index in [9.17, 15) is 13.2 Å². The molecule has 8 heteroatoms. The van der Waals surface area contributed by atoms with Crippen LogP contribution in [-0.2, 0) is 10.0 Å². The van der Waals surface area contributed by atoms with Crippen molar-refractivity contribution < 1.29 is 22.5 Å². The lowest BCUT2D eigenvalue weighted by molar-refractivity contribution is 0.0869. The van der Waals surface area contributed by atoms with Gasteiger partial charge in [-0.3, -0.25) is 4.79 Å². The maximum absolute atomic E-state index is 13.0. The van der Waals surface area contributed by atoms with E-state index in [2.05, 4.69) is 5.16 Å². The summed E-state index contributed by atoms with van der Waals surface area (Å²) in [6.45, 7) is 3.70. The molecule has 0 amide bonds. The number of methoxy groups -OCH3 is 1. The van der Waals surface area contributed by atoms with Crippen molar-refractivity contribution in [2.75, 3.05) is 20.2 Å². The Hall–Kier alpha value is -2.19. The average molecular weight is 378 g/mol. The van der Waals surface area contributed by atoms with Crippen LogP contribution in [0.25, 0.3) is 0 Å². The molecule has 0 radical (unpaired) electrons. The van der Waals surface area contributed by atoms with Crippen molar-refractivity contribution in [3.8, 4) is 5.75 Å². The minimum Gasteiger partial charge on any atom is -0.496 e. The quantitative estimate of drug-likeness (QED) is 0.743. The van der Waals surface area contributed by atoms with E-state index in [1.165, 1.54) is 11.4 Å². The highest BCUT2D eigenvalue weighted by atomic mass is 32.2. The lowest BCUT2D eigenvalue weighted by Gasteiger charge is -2.31. The van der Waals surface area contributed by atoms with Crippen LogP contribution in [0.3, 0.4) is 0 Å². The third-order valence-electron chi connectivity index (χ3n) is 4.69. The molecule has 0 spiro atoms. The van der Waals surface area contributed by atoms with E-state index in [0.717, 1.165) is 0 Å². The molecule has 2 heterocycles. The van der Waals surface area contributed by atoms with E-state index >= 15 is 0 Å². The number of hydrogen-bond acceptors (Lipinski definition) is 6. The lowest BCUT2D eigenvalue weighted by Crippen LogP contribution is -2.42. The number of nitrogens with zero attached hydrogens (tertiary/aromatic N) is 2. The van der Waals surface area contributed by atoms with Crippen LogP contribution < -0.4 is 4.74 Å². The highest BCUT2D eigenvalue weighted by molar-refractivity contribution is 7.89. The standard InChI is InChI=1S/C18H22N2O5S/c1-12-18(13(2)25-19-12)26(22,23)20-10-6-7-14(11-20)17(21)15-8-4-5-9-16(15)24-3/h4-5,8-9,14H,6-7,10-11H2,1-3H3. The number of hydrogen-bond donors (Lipinski definition) is 0. The van der Waals surface area contributed by atoms with Crippen LogP contribution in [0.5, 0.6) is 5.75 Å². The third kappa shape index (κ3) is 3.26. The molecule has 140 valence electrons. The SMILES string of the molecule is COc1ccccc1C(=O)C1CCCN(S(=O)(=O)c2c(C)noc2C)C1. The second-order valence-electron chi connectivity index (χ2n) is 6.42. The average Bonchev–Trinajstić information content (AvgIpc) is 3.00. The summed E-state index contributed by atoms with van der Waals surface area (Å²) < 4.78 is 37.7. The van der Waals surface area contributed by atoms with E-state index < -0.39 is 15.9 Å². The van der Waals surface area contributed by atoms with Gasteiger partial charge in [0.05, 0.1) is 12.7 Å². The van der Waals surface area contributed by atoms with E-state index in [-0.39, 0.29) is 23.0 Å². The number of aromatic nitrogens is 1. The van der Waals surface area contributed by atoms with Crippen molar-refractivity contribution in [2.24, 2.45) is 5.92 Å². The summed E-state index contributed by atoms with van der Waals surface area (Å²) in [4.78, 5) is 13.0. The Morgan fingerprint density at radius 1 is 1.31 bits per heavy atom. The summed E-state index contributed by atoms with van der Waals surface area (Å²) in [5.41, 5.74) is 0.817. The molecule has 1 aliphatic rings. The summed E-state index contributed by atoms with van der Waals surface area (Å²) in [5, 5.41) is 3.74. The topological polar surface area (TPSA) is 89.7 Å². The molecule has 1 atom stereocenters. The summed E-state index contributed by atoms with van der Waals surface area (Å²) in [5.74, 6) is 0.264. The third-order valence-corrected chi connectivity index (χ3v) is 6.80. The number of piperidine rings is 1. The molecular formula is C18H22N2O5S. The molecule has 0 bridgehead atoms. The number of sulfonamides is 1. The van der Waals surface area contributed by atoms with Gasteiger partial charge >= 0.3 is 0 Å². The van der Waals surface area contributed by atoms with Crippen molar-refractivity contribution >= 4 is 15.8 Å². The molecule has 2 aromatic rings. The molecule has 0 saturated carbocycles. The molecule has 1 unspecified atom stereocenters. The molecule has 1 saturated heterocycles. The summed E-state index contributed by atoms with van der Waals surface area (Å²) in [6, 6.07) is 7.01. The van der Waals surface area contributed by atoms with Crippen LogP contribution in [0.2, 0.25) is 0 Å². The molecule has 1 aromatic carbocycles. The molecule has 1 aliphatic heterocycles. The zero-order valence-electron chi connectivity index (χ0n) is 15.1. The van der Waals surface area contributed by atoms with Crippen molar-refractivity contribution in [3.05, 3.63) is 41.3 Å². The number of para-hydroxylation sites is 1. The monoisotopic (exact) mass is 378 g/mol. The number of ether oxygens (including phenoxy) is 1. The maximum Gasteiger partial charge on any atom is 0.248 e. The number of benzene rings is 1. The Kier molecular flexibility index (Phi) is 5.15. The zero-order chi connectivity index (χ0) is 18.9. The number of aryl methyl sites for hydroxylation is 2. The lowest BCUT2D eigenvalue weighted by atomic mass is 9.90. The van der Waals surface area contributed by atoms with Crippen LogP contribution in [0.15, 0.2) is 33.7 Å². The molecule has 1 fully saturated rings. The number of ketones is 1. The summed E-state index contributed by atoms with van der Waals surface area (Å²) in [7, 11) is -2.24. The molecule has 1 aromatic heterocycles. The first-order chi connectivity index (χ1) is 12.4. The summed E-state index contributed by atoms with van der Waals surface area (Å²) >= 11 is 0. The van der Waals surface area contributed by atoms with Crippen molar-refractivity contribution in [1.82, 2.24) is 9.46 Å². The Labute approximate surface area is 153 Å². The maximum atomic E-state index is 13.0. The van der Waals surface area contributed by atoms with Crippen LogP contribution in [0.1, 0.15) is 34.7 Å². The first kappa shape index (κ1) is 18.6. The Balaban J connectivity index is 1.87. The fourth-order valence-electron chi connectivity index (χ4n) is 3.41. The van der Waals surface area contributed by atoms with Crippen molar-refractivity contribution in [2.45, 2.75) is 31.6 Å². The Morgan fingerprint density at radius 3 is 2.69 bits per heavy atom. The molecule has 26 heavy (non-hydrogen) atoms. The number of rotatable bonds is 5. The van der Waals surface area contributed by atoms with Crippen LogP contribution in [0.4, 0.5) is 0 Å². The van der Waals surface area contributed by atoms with Gasteiger partial charge in [0.25, 0.3) is 0 Å². The van der Waals surface area contributed by atoms with Gasteiger partial charge in [-0.15, -0.1) is 0 Å². The molecular weight excluding hydrogens is 356 g/mol. The normalized spacial score (nSPS) is 18.7. The zero-order valence-corrected chi connectivity index (χ0v) is 15.9. The van der Waals surface area contributed by atoms with Crippen LogP contribution >= 0.6 is 0 Å². The van der Waals surface area contributed by atoms with Crippen LogP contribution in [-0.4, -0.2) is 43.9 Å². The van der Waals surface area contributed by atoms with Crippen molar-refractivity contribution in [3.63, 3.8) is 0 Å². The molecule has 0 N–H and O–H groups in total. The smallest absolute Gasteiger partial charge is 0.248 e. The number of carbonyl (C=O) groups excluding carboxylic acids is 1. The highest BCUT2D eigenvalue weighted by Gasteiger charge is 2.37. The highest BCUT2D eigenvalue weighted by Crippen LogP contribution is 2.30. The van der Waals surface area contributed by atoms with Crippen molar-refractivity contribution in [1.29, 1.82) is 0 Å². The van der Waals surface area contributed by atoms with E-state index in [1.807, 2.05) is 0 Å². The van der Waals surface area contributed by atoms with E-state index in [4.69, 9.17) is 9.26 Å².